The van der Waals surface area contributed by atoms with Crippen LogP contribution in [-0.4, -0.2) is 52.0 Å². The maximum Gasteiger partial charge on any atom is 0.410 e. The Morgan fingerprint density at radius 2 is 1.94 bits per heavy atom. The number of nitrogens with two attached hydrogens (primary N) is 1. The summed E-state index contributed by atoms with van der Waals surface area (Å²) in [6.45, 7) is 3.29. The van der Waals surface area contributed by atoms with Crippen molar-refractivity contribution in [3.05, 3.63) is 48.9 Å². The Balaban J connectivity index is 1.39. The number of morpholine rings is 1. The third-order valence-corrected chi connectivity index (χ3v) is 5.83. The molecular formula is C20H19N7O3S. The van der Waals surface area contributed by atoms with Gasteiger partial charge in [0.2, 0.25) is 0 Å². The largest absolute Gasteiger partial charge is 0.410 e. The molecule has 0 radical (unpaired) electrons. The van der Waals surface area contributed by atoms with E-state index in [0.29, 0.717) is 16.5 Å². The first-order chi connectivity index (χ1) is 15.2. The number of primary amides is 1. The minimum absolute atomic E-state index is 0.401. The molecule has 1 aromatic carbocycles. The second-order valence-electron chi connectivity index (χ2n) is 6.80. The van der Waals surface area contributed by atoms with Crippen LogP contribution in [0, 0.1) is 0 Å². The predicted molar refractivity (Wildman–Crippen MR) is 117 cm³/mol. The van der Waals surface area contributed by atoms with Crippen molar-refractivity contribution in [2.75, 3.05) is 36.5 Å². The first-order valence-corrected chi connectivity index (χ1v) is 10.4. The van der Waals surface area contributed by atoms with E-state index in [1.165, 1.54) is 17.7 Å². The summed E-state index contributed by atoms with van der Waals surface area (Å²) in [4.78, 5) is 23.0. The molecule has 0 bridgehead atoms. The monoisotopic (exact) mass is 437 g/mol. The van der Waals surface area contributed by atoms with E-state index in [-0.39, 0.29) is 0 Å². The number of nitrogens with zero attached hydrogens (tertiary/aromatic N) is 5. The summed E-state index contributed by atoms with van der Waals surface area (Å²) >= 11 is 1.27. The number of ether oxygens (including phenoxy) is 2. The SMILES string of the molecule is NC(=O)Oc1ccc(-c2cnc(Nc3ccc(N4CCOCC4)cc3)c3ncnn23)s1. The van der Waals surface area contributed by atoms with Crippen molar-refractivity contribution in [2.24, 2.45) is 5.73 Å². The number of rotatable bonds is 5. The maximum atomic E-state index is 11.0. The highest BCUT2D eigenvalue weighted by atomic mass is 32.1. The fourth-order valence-electron chi connectivity index (χ4n) is 3.40. The second-order valence-corrected chi connectivity index (χ2v) is 7.84. The van der Waals surface area contributed by atoms with Gasteiger partial charge in [-0.3, -0.25) is 0 Å². The quantitative estimate of drug-likeness (QED) is 0.489. The Morgan fingerprint density at radius 3 is 2.71 bits per heavy atom. The zero-order chi connectivity index (χ0) is 21.2. The topological polar surface area (TPSA) is 120 Å². The number of amides is 1. The highest BCUT2D eigenvalue weighted by Gasteiger charge is 2.15. The van der Waals surface area contributed by atoms with Crippen LogP contribution in [0.3, 0.4) is 0 Å². The van der Waals surface area contributed by atoms with Gasteiger partial charge in [0, 0.05) is 24.5 Å². The second kappa shape index (κ2) is 8.20. The number of fused-ring (bicyclic) bond motifs is 1. The smallest absolute Gasteiger partial charge is 0.399 e. The molecule has 4 aromatic rings. The van der Waals surface area contributed by atoms with Gasteiger partial charge >= 0.3 is 6.09 Å². The third-order valence-electron chi connectivity index (χ3n) is 4.84. The van der Waals surface area contributed by atoms with E-state index in [2.05, 4.69) is 37.4 Å². The summed E-state index contributed by atoms with van der Waals surface area (Å²) in [5, 5.41) is 8.04. The van der Waals surface area contributed by atoms with Crippen molar-refractivity contribution < 1.29 is 14.3 Å². The van der Waals surface area contributed by atoms with Crippen LogP contribution >= 0.6 is 11.3 Å². The van der Waals surface area contributed by atoms with E-state index < -0.39 is 6.09 Å². The molecule has 0 saturated carbocycles. The molecule has 3 aromatic heterocycles. The van der Waals surface area contributed by atoms with E-state index in [4.69, 9.17) is 15.2 Å². The number of carbonyl (C=O) groups is 1. The van der Waals surface area contributed by atoms with Crippen LogP contribution in [0.25, 0.3) is 16.2 Å². The van der Waals surface area contributed by atoms with Crippen LogP contribution in [-0.2, 0) is 4.74 Å². The highest BCUT2D eigenvalue weighted by molar-refractivity contribution is 7.17. The summed E-state index contributed by atoms with van der Waals surface area (Å²) < 4.78 is 12.0. The fraction of sp³-hybridized carbons (Fsp3) is 0.200. The summed E-state index contributed by atoms with van der Waals surface area (Å²) in [6, 6.07) is 11.7. The molecule has 1 saturated heterocycles. The lowest BCUT2D eigenvalue weighted by atomic mass is 10.2. The summed E-state index contributed by atoms with van der Waals surface area (Å²) in [6.07, 6.45) is 2.32. The number of hydrogen-bond acceptors (Lipinski definition) is 9. The van der Waals surface area contributed by atoms with Gasteiger partial charge in [0.1, 0.15) is 12.0 Å². The van der Waals surface area contributed by atoms with E-state index in [1.807, 2.05) is 18.2 Å². The van der Waals surface area contributed by atoms with Crippen LogP contribution in [0.1, 0.15) is 0 Å². The normalized spacial score (nSPS) is 14.0. The molecule has 10 nitrogen and oxygen atoms in total. The minimum atomic E-state index is -0.850. The van der Waals surface area contributed by atoms with Crippen LogP contribution in [0.15, 0.2) is 48.9 Å². The van der Waals surface area contributed by atoms with Crippen molar-refractivity contribution in [3.63, 3.8) is 0 Å². The number of carbonyl (C=O) groups excluding carboxylic acids is 1. The van der Waals surface area contributed by atoms with Crippen molar-refractivity contribution >= 4 is 40.3 Å². The molecule has 1 amide bonds. The van der Waals surface area contributed by atoms with Gasteiger partial charge in [-0.05, 0) is 36.4 Å². The van der Waals surface area contributed by atoms with E-state index in [0.717, 1.165) is 48.2 Å². The average molecular weight is 437 g/mol. The van der Waals surface area contributed by atoms with Crippen LogP contribution < -0.4 is 20.7 Å². The lowest BCUT2D eigenvalue weighted by Crippen LogP contribution is -2.36. The molecule has 0 spiro atoms. The van der Waals surface area contributed by atoms with E-state index in [9.17, 15) is 4.79 Å². The van der Waals surface area contributed by atoms with Gasteiger partial charge in [-0.25, -0.2) is 19.3 Å². The number of hydrogen-bond donors (Lipinski definition) is 2. The molecule has 4 heterocycles. The molecule has 11 heteroatoms. The fourth-order valence-corrected chi connectivity index (χ4v) is 4.26. The molecule has 158 valence electrons. The number of thiophene rings is 1. The Hall–Kier alpha value is -3.70. The van der Waals surface area contributed by atoms with Gasteiger partial charge < -0.3 is 25.4 Å². The molecule has 3 N–H and O–H groups in total. The minimum Gasteiger partial charge on any atom is -0.399 e. The highest BCUT2D eigenvalue weighted by Crippen LogP contribution is 2.34. The Kier molecular flexibility index (Phi) is 5.10. The van der Waals surface area contributed by atoms with Gasteiger partial charge in [-0.1, -0.05) is 11.3 Å². The molecular weight excluding hydrogens is 418 g/mol. The van der Waals surface area contributed by atoms with Crippen LogP contribution in [0.5, 0.6) is 5.06 Å². The summed E-state index contributed by atoms with van der Waals surface area (Å²) in [5.41, 5.74) is 8.45. The molecule has 1 aliphatic heterocycles. The molecule has 1 fully saturated rings. The zero-order valence-electron chi connectivity index (χ0n) is 16.4. The van der Waals surface area contributed by atoms with E-state index >= 15 is 0 Å². The molecule has 0 aliphatic carbocycles. The summed E-state index contributed by atoms with van der Waals surface area (Å²) in [5.74, 6) is 0.588. The van der Waals surface area contributed by atoms with Gasteiger partial charge in [-0.15, -0.1) is 0 Å². The van der Waals surface area contributed by atoms with Gasteiger partial charge in [0.15, 0.2) is 16.5 Å². The Morgan fingerprint density at radius 1 is 1.13 bits per heavy atom. The zero-order valence-corrected chi connectivity index (χ0v) is 17.2. The van der Waals surface area contributed by atoms with Crippen molar-refractivity contribution in [1.82, 2.24) is 19.6 Å². The van der Waals surface area contributed by atoms with Gasteiger partial charge in [0.05, 0.1) is 24.3 Å². The Labute approximate surface area is 181 Å². The van der Waals surface area contributed by atoms with Gasteiger partial charge in [0.25, 0.3) is 0 Å². The number of anilines is 3. The number of aromatic nitrogens is 4. The number of nitrogens with one attached hydrogen (secondary N) is 1. The first kappa shape index (κ1) is 19.3. The van der Waals surface area contributed by atoms with Crippen molar-refractivity contribution in [1.29, 1.82) is 0 Å². The van der Waals surface area contributed by atoms with E-state index in [1.54, 1.807) is 16.8 Å². The molecule has 5 rings (SSSR count). The lowest BCUT2D eigenvalue weighted by Gasteiger charge is -2.28. The average Bonchev–Trinajstić information content (AvgIpc) is 3.45. The van der Waals surface area contributed by atoms with Crippen LogP contribution in [0.4, 0.5) is 22.0 Å². The molecule has 1 aliphatic rings. The number of benzene rings is 1. The van der Waals surface area contributed by atoms with Crippen molar-refractivity contribution in [3.8, 4) is 15.6 Å². The molecule has 31 heavy (non-hydrogen) atoms. The first-order valence-electron chi connectivity index (χ1n) is 9.63. The Bertz CT molecular complexity index is 1220. The van der Waals surface area contributed by atoms with Gasteiger partial charge in [-0.2, -0.15) is 5.10 Å². The maximum absolute atomic E-state index is 11.0. The molecule has 0 atom stereocenters. The van der Waals surface area contributed by atoms with Crippen LogP contribution in [0.2, 0.25) is 0 Å². The summed E-state index contributed by atoms with van der Waals surface area (Å²) in [7, 11) is 0. The molecule has 0 unspecified atom stereocenters. The third kappa shape index (κ3) is 4.00. The standard InChI is InChI=1S/C20H19N7O3S/c21-20(28)30-17-6-5-16(31-17)15-11-22-18(19-23-12-24-27(15)19)25-13-1-3-14(4-2-13)26-7-9-29-10-8-26/h1-6,11-12H,7-10H2,(H2,21,28)(H,22,25). The predicted octanol–water partition coefficient (Wildman–Crippen LogP) is 2.89. The lowest BCUT2D eigenvalue weighted by molar-refractivity contribution is 0.122. The van der Waals surface area contributed by atoms with Crippen molar-refractivity contribution in [2.45, 2.75) is 0 Å².